The van der Waals surface area contributed by atoms with Crippen LogP contribution in [0.1, 0.15) is 41.4 Å². The molecule has 2 heterocycles. The SMILES string of the molecule is [2H]c1c([2H])c2c3c(c1OC([2H])([2H])[2H])OC1([2H])C(=O)CC[C@@]4(O)[C@H](N(C)CC[C@]314)C2([2H])[2H]. The summed E-state index contributed by atoms with van der Waals surface area (Å²) in [5.41, 5.74) is -3.92. The first-order valence-corrected chi connectivity index (χ1v) is 7.65. The van der Waals surface area contributed by atoms with Crippen LogP contribution in [0.25, 0.3) is 0 Å². The number of ketones is 1. The number of hydrogen-bond acceptors (Lipinski definition) is 5. The number of aliphatic hydroxyl groups is 1. The Hall–Kier alpha value is -1.59. The van der Waals surface area contributed by atoms with E-state index in [-0.39, 0.29) is 36.9 Å². The number of carbonyl (C=O) groups excluding carboxylic acids is 1. The number of rotatable bonds is 1. The lowest BCUT2D eigenvalue weighted by atomic mass is 9.49. The number of methoxy groups -OCH3 is 1. The first-order chi connectivity index (χ1) is 14.1. The Morgan fingerprint density at radius 2 is 2.48 bits per heavy atom. The first-order valence-electron chi connectivity index (χ1n) is 11.7. The van der Waals surface area contributed by atoms with E-state index in [4.69, 9.17) is 20.4 Å². The Balaban J connectivity index is 1.97. The predicted octanol–water partition coefficient (Wildman–Crippen LogP) is 1.05. The molecule has 4 atom stereocenters. The number of ether oxygens (including phenoxy) is 2. The topological polar surface area (TPSA) is 59.0 Å². The molecule has 1 aromatic rings. The predicted molar refractivity (Wildman–Crippen MR) is 83.0 cm³/mol. The molecule has 2 bridgehead atoms. The third-order valence-electron chi connectivity index (χ3n) is 5.84. The van der Waals surface area contributed by atoms with Crippen LogP contribution >= 0.6 is 0 Å². The maximum Gasteiger partial charge on any atom is 0.174 e. The fraction of sp³-hybridized carbons (Fsp3) is 0.611. The highest BCUT2D eigenvalue weighted by Gasteiger charge is 2.72. The van der Waals surface area contributed by atoms with Crippen molar-refractivity contribution in [1.29, 1.82) is 0 Å². The second kappa shape index (κ2) is 4.08. The monoisotopic (exact) mass is 323 g/mol. The number of piperidine rings is 1. The minimum atomic E-state index is -3.01. The summed E-state index contributed by atoms with van der Waals surface area (Å²) in [7, 11) is -1.38. The van der Waals surface area contributed by atoms with Crippen LogP contribution in [0.15, 0.2) is 12.1 Å². The molecule has 0 aromatic heterocycles. The molecule has 0 amide bonds. The maximum atomic E-state index is 13.0. The van der Waals surface area contributed by atoms with Gasteiger partial charge in [-0.25, -0.2) is 0 Å². The lowest BCUT2D eigenvalue weighted by Gasteiger charge is -2.62. The molecule has 2 fully saturated rings. The molecule has 0 radical (unpaired) electrons. The summed E-state index contributed by atoms with van der Waals surface area (Å²) >= 11 is 0. The second-order valence-corrected chi connectivity index (χ2v) is 6.72. The van der Waals surface area contributed by atoms with Gasteiger partial charge in [-0.05, 0) is 44.4 Å². The summed E-state index contributed by atoms with van der Waals surface area (Å²) in [4.78, 5) is 14.6. The molecule has 1 spiro atoms. The summed E-state index contributed by atoms with van der Waals surface area (Å²) in [5, 5.41) is 12.0. The molecule has 1 N–H and O–H groups in total. The number of carbonyl (C=O) groups is 1. The second-order valence-electron chi connectivity index (χ2n) is 6.72. The summed E-state index contributed by atoms with van der Waals surface area (Å²) in [5.74, 6) is -1.66. The van der Waals surface area contributed by atoms with E-state index in [2.05, 4.69) is 0 Å². The van der Waals surface area contributed by atoms with Crippen LogP contribution < -0.4 is 9.47 Å². The fourth-order valence-corrected chi connectivity index (χ4v) is 4.82. The van der Waals surface area contributed by atoms with Crippen molar-refractivity contribution in [2.45, 2.75) is 48.8 Å². The van der Waals surface area contributed by atoms with Crippen LogP contribution in [-0.4, -0.2) is 54.1 Å². The zero-order chi connectivity index (χ0) is 22.9. The third-order valence-corrected chi connectivity index (χ3v) is 5.84. The van der Waals surface area contributed by atoms with Crippen molar-refractivity contribution in [2.24, 2.45) is 0 Å². The minimum Gasteiger partial charge on any atom is -0.493 e. The van der Waals surface area contributed by atoms with Crippen LogP contribution in [0.5, 0.6) is 11.5 Å². The van der Waals surface area contributed by atoms with Crippen molar-refractivity contribution in [1.82, 2.24) is 4.90 Å². The maximum absolute atomic E-state index is 13.0. The number of likely N-dealkylation sites (N-methyl/N-ethyl adjacent to an activating group) is 1. The van der Waals surface area contributed by atoms with Gasteiger partial charge in [0.25, 0.3) is 0 Å². The molecule has 122 valence electrons. The normalized spacial score (nSPS) is 51.6. The molecule has 1 saturated carbocycles. The van der Waals surface area contributed by atoms with Gasteiger partial charge in [0, 0.05) is 20.8 Å². The van der Waals surface area contributed by atoms with Crippen molar-refractivity contribution < 1.29 is 30.3 Å². The van der Waals surface area contributed by atoms with E-state index in [1.165, 1.54) is 0 Å². The van der Waals surface area contributed by atoms with E-state index >= 15 is 0 Å². The minimum absolute atomic E-state index is 0.0613. The lowest BCUT2D eigenvalue weighted by Crippen LogP contribution is -2.76. The molecule has 2 aliphatic heterocycles. The van der Waals surface area contributed by atoms with Gasteiger partial charge in [-0.3, -0.25) is 4.79 Å². The van der Waals surface area contributed by atoms with Gasteiger partial charge in [-0.2, -0.15) is 0 Å². The highest BCUT2D eigenvalue weighted by molar-refractivity contribution is 5.90. The van der Waals surface area contributed by atoms with Crippen LogP contribution in [0, 0.1) is 0 Å². The molecule has 23 heavy (non-hydrogen) atoms. The molecule has 2 aliphatic carbocycles. The lowest BCUT2D eigenvalue weighted by molar-refractivity contribution is -0.185. The van der Waals surface area contributed by atoms with Crippen LogP contribution in [0.4, 0.5) is 0 Å². The van der Waals surface area contributed by atoms with Crippen molar-refractivity contribution in [3.8, 4) is 11.5 Å². The van der Waals surface area contributed by atoms with Gasteiger partial charge < -0.3 is 19.5 Å². The molecule has 5 nitrogen and oxygen atoms in total. The highest BCUT2D eigenvalue weighted by atomic mass is 16.5. The fourth-order valence-electron chi connectivity index (χ4n) is 4.82. The van der Waals surface area contributed by atoms with E-state index in [1.807, 2.05) is 0 Å². The van der Waals surface area contributed by atoms with Gasteiger partial charge in [-0.1, -0.05) is 6.04 Å². The number of Topliss-reactive ketones (excluding diaryl/α,β-unsaturated/α-hetero) is 1. The van der Waals surface area contributed by atoms with Gasteiger partial charge in [0.15, 0.2) is 23.4 Å². The van der Waals surface area contributed by atoms with Crippen molar-refractivity contribution in [2.75, 3.05) is 20.6 Å². The zero-order valence-corrected chi connectivity index (χ0v) is 12.5. The van der Waals surface area contributed by atoms with E-state index in [1.54, 1.807) is 11.9 Å². The zero-order valence-electron chi connectivity index (χ0n) is 20.5. The summed E-state index contributed by atoms with van der Waals surface area (Å²) in [6.45, 7) is 0.244. The van der Waals surface area contributed by atoms with Gasteiger partial charge in [0.1, 0.15) is 0 Å². The van der Waals surface area contributed by atoms with Gasteiger partial charge in [0.2, 0.25) is 0 Å². The molecule has 4 aliphatic rings. The van der Waals surface area contributed by atoms with E-state index < -0.39 is 65.9 Å². The van der Waals surface area contributed by atoms with Crippen molar-refractivity contribution in [3.63, 3.8) is 0 Å². The highest BCUT2D eigenvalue weighted by Crippen LogP contribution is 2.64. The van der Waals surface area contributed by atoms with Gasteiger partial charge in [0.05, 0.1) is 26.3 Å². The molecular formula is C18H21NO4. The number of nitrogens with zero attached hydrogens (tertiary/aromatic N) is 1. The van der Waals surface area contributed by atoms with Crippen molar-refractivity contribution in [3.05, 3.63) is 23.2 Å². The largest absolute Gasteiger partial charge is 0.493 e. The van der Waals surface area contributed by atoms with E-state index in [0.29, 0.717) is 0 Å². The molecule has 5 heteroatoms. The molecule has 1 unspecified atom stereocenters. The van der Waals surface area contributed by atoms with E-state index in [0.717, 1.165) is 0 Å². The Morgan fingerprint density at radius 1 is 1.61 bits per heavy atom. The number of likely N-dealkylation sites (tertiary alicyclic amines) is 1. The Kier molecular flexibility index (Phi) is 1.42. The van der Waals surface area contributed by atoms with Gasteiger partial charge in [-0.15, -0.1) is 0 Å². The average Bonchev–Trinajstić information content (AvgIpc) is 2.90. The van der Waals surface area contributed by atoms with Gasteiger partial charge >= 0.3 is 0 Å². The molecule has 1 aromatic carbocycles. The van der Waals surface area contributed by atoms with E-state index in [9.17, 15) is 9.90 Å². The number of hydrogen-bond donors (Lipinski definition) is 1. The summed E-state index contributed by atoms with van der Waals surface area (Å²) in [6.07, 6.45) is -4.94. The smallest absolute Gasteiger partial charge is 0.174 e. The van der Waals surface area contributed by atoms with Crippen LogP contribution in [0.2, 0.25) is 0 Å². The standard InChI is InChI=1S/C18H21NO4/c1-19-8-7-17-14-10-3-4-12(22-2)15(14)23-16(17)11(20)5-6-18(17,21)13(19)9-10/h3-4,13,16,21H,5-9H2,1-2H3/t13-,16?,17+,18-/m1/s1/i2D3,3D,4D,9D2,16D. The summed E-state index contributed by atoms with van der Waals surface area (Å²) < 4.78 is 76.8. The van der Waals surface area contributed by atoms with Crippen molar-refractivity contribution >= 4 is 5.78 Å². The quantitative estimate of drug-likeness (QED) is 0.837. The first kappa shape index (κ1) is 7.99. The van der Waals surface area contributed by atoms with Crippen LogP contribution in [-0.2, 0) is 16.6 Å². The number of benzene rings is 1. The molecular weight excluding hydrogens is 294 g/mol. The molecule has 1 saturated heterocycles. The summed E-state index contributed by atoms with van der Waals surface area (Å²) in [6, 6.07) is -2.49. The average molecular weight is 323 g/mol. The van der Waals surface area contributed by atoms with Crippen LogP contribution in [0.3, 0.4) is 0 Å². The Labute approximate surface area is 146 Å². The Morgan fingerprint density at radius 3 is 3.30 bits per heavy atom. The molecule has 5 rings (SSSR count). The Bertz CT molecular complexity index is 1040. The third kappa shape index (κ3) is 1.32.